The molecular weight excluding hydrogens is 174 g/mol. The summed E-state index contributed by atoms with van der Waals surface area (Å²) in [6, 6.07) is 0. The molecule has 3 N–H and O–H groups in total. The van der Waals surface area contributed by atoms with Crippen LogP contribution in [0.5, 0.6) is 0 Å². The number of nitrogens with one attached hydrogen (secondary N) is 1. The molecule has 0 fully saturated rings. The molecule has 13 heavy (non-hydrogen) atoms. The third-order valence-corrected chi connectivity index (χ3v) is 1.88. The first-order valence-corrected chi connectivity index (χ1v) is 3.88. The summed E-state index contributed by atoms with van der Waals surface area (Å²) in [5.74, 6) is -1.54. The van der Waals surface area contributed by atoms with Crippen molar-refractivity contribution >= 4 is 11.7 Å². The maximum Gasteiger partial charge on any atom is 0.221 e. The van der Waals surface area contributed by atoms with Crippen LogP contribution in [0.2, 0.25) is 0 Å². The zero-order chi connectivity index (χ0) is 10.0. The largest absolute Gasteiger partial charge is 0.395 e. The Balaban J connectivity index is 2.73. The van der Waals surface area contributed by atoms with Crippen molar-refractivity contribution in [3.63, 3.8) is 0 Å². The van der Waals surface area contributed by atoms with Crippen LogP contribution in [0.1, 0.15) is 6.92 Å². The minimum atomic E-state index is -1.10. The summed E-state index contributed by atoms with van der Waals surface area (Å²) >= 11 is 0. The molecule has 1 amide bonds. The fourth-order valence-corrected chi connectivity index (χ4v) is 1.22. The van der Waals surface area contributed by atoms with Crippen molar-refractivity contribution in [3.05, 3.63) is 11.8 Å². The number of rotatable bonds is 2. The van der Waals surface area contributed by atoms with Crippen molar-refractivity contribution in [2.75, 3.05) is 6.61 Å². The second-order valence-electron chi connectivity index (χ2n) is 2.92. The average molecular weight is 185 g/mol. The quantitative estimate of drug-likeness (QED) is 0.491. The van der Waals surface area contributed by atoms with Gasteiger partial charge < -0.3 is 15.5 Å². The molecule has 1 rings (SSSR count). The highest BCUT2D eigenvalue weighted by atomic mass is 16.3. The van der Waals surface area contributed by atoms with Crippen molar-refractivity contribution in [1.82, 2.24) is 5.32 Å². The molecule has 0 spiro atoms. The van der Waals surface area contributed by atoms with Gasteiger partial charge in [0.2, 0.25) is 5.91 Å². The highest BCUT2D eigenvalue weighted by Gasteiger charge is 2.34. The number of ketones is 1. The number of hydrogen-bond donors (Lipinski definition) is 3. The van der Waals surface area contributed by atoms with E-state index < -0.39 is 18.6 Å². The van der Waals surface area contributed by atoms with Gasteiger partial charge in [0.1, 0.15) is 6.10 Å². The molecule has 0 aromatic heterocycles. The number of aliphatic hydroxyl groups is 2. The number of hydrogen-bond acceptors (Lipinski definition) is 4. The Kier molecular flexibility index (Phi) is 2.79. The third-order valence-electron chi connectivity index (χ3n) is 1.88. The maximum absolute atomic E-state index is 11.1. The molecule has 0 bridgehead atoms. The van der Waals surface area contributed by atoms with Crippen molar-refractivity contribution in [3.8, 4) is 0 Å². The van der Waals surface area contributed by atoms with Crippen molar-refractivity contribution in [2.24, 2.45) is 5.92 Å². The van der Waals surface area contributed by atoms with Crippen LogP contribution in [0, 0.1) is 5.92 Å². The van der Waals surface area contributed by atoms with E-state index in [9.17, 15) is 14.7 Å². The second-order valence-corrected chi connectivity index (χ2v) is 2.92. The topological polar surface area (TPSA) is 86.6 Å². The molecule has 1 aliphatic carbocycles. The Labute approximate surface area is 75.1 Å². The molecule has 1 aliphatic rings. The lowest BCUT2D eigenvalue weighted by Gasteiger charge is -2.13. The lowest BCUT2D eigenvalue weighted by atomic mass is 10.1. The summed E-state index contributed by atoms with van der Waals surface area (Å²) in [6.07, 6.45) is 0.0499. The van der Waals surface area contributed by atoms with Gasteiger partial charge in [-0.2, -0.15) is 0 Å². The van der Waals surface area contributed by atoms with Crippen LogP contribution in [-0.2, 0) is 9.59 Å². The molecule has 0 aromatic carbocycles. The Hall–Kier alpha value is -1.20. The highest BCUT2D eigenvalue weighted by molar-refractivity contribution is 5.97. The zero-order valence-electron chi connectivity index (χ0n) is 7.15. The Bertz CT molecular complexity index is 271. The SMILES string of the molecule is CC(=O)NC1=CC(=O)[C@H](CO)[C@H]1O. The predicted octanol–water partition coefficient (Wildman–Crippen LogP) is -1.44. The summed E-state index contributed by atoms with van der Waals surface area (Å²) in [5, 5.41) is 20.5. The molecule has 5 heteroatoms. The summed E-state index contributed by atoms with van der Waals surface area (Å²) < 4.78 is 0. The van der Waals surface area contributed by atoms with E-state index in [2.05, 4.69) is 5.32 Å². The van der Waals surface area contributed by atoms with Gasteiger partial charge in [0, 0.05) is 13.0 Å². The van der Waals surface area contributed by atoms with Gasteiger partial charge >= 0.3 is 0 Å². The molecule has 0 aliphatic heterocycles. The van der Waals surface area contributed by atoms with Crippen LogP contribution in [0.4, 0.5) is 0 Å². The van der Waals surface area contributed by atoms with E-state index in [0.717, 1.165) is 6.08 Å². The van der Waals surface area contributed by atoms with Gasteiger partial charge in [-0.15, -0.1) is 0 Å². The average Bonchev–Trinajstić information content (AvgIpc) is 2.26. The summed E-state index contributed by atoms with van der Waals surface area (Å²) in [5.41, 5.74) is 0.163. The minimum Gasteiger partial charge on any atom is -0.395 e. The minimum absolute atomic E-state index is 0.163. The number of aliphatic hydroxyl groups excluding tert-OH is 2. The van der Waals surface area contributed by atoms with Gasteiger partial charge in [-0.1, -0.05) is 0 Å². The smallest absolute Gasteiger partial charge is 0.221 e. The van der Waals surface area contributed by atoms with E-state index in [0.29, 0.717) is 0 Å². The molecule has 0 heterocycles. The fourth-order valence-electron chi connectivity index (χ4n) is 1.22. The van der Waals surface area contributed by atoms with Gasteiger partial charge in [0.05, 0.1) is 18.2 Å². The molecule has 2 atom stereocenters. The van der Waals surface area contributed by atoms with Gasteiger partial charge in [-0.3, -0.25) is 9.59 Å². The van der Waals surface area contributed by atoms with Gasteiger partial charge in [0.15, 0.2) is 5.78 Å². The molecule has 0 saturated heterocycles. The van der Waals surface area contributed by atoms with Gasteiger partial charge in [-0.25, -0.2) is 0 Å². The van der Waals surface area contributed by atoms with E-state index in [1.54, 1.807) is 0 Å². The van der Waals surface area contributed by atoms with Crippen molar-refractivity contribution in [2.45, 2.75) is 13.0 Å². The van der Waals surface area contributed by atoms with E-state index >= 15 is 0 Å². The van der Waals surface area contributed by atoms with E-state index in [1.807, 2.05) is 0 Å². The molecule has 0 saturated carbocycles. The number of amides is 1. The third kappa shape index (κ3) is 1.93. The van der Waals surface area contributed by atoms with E-state index in [-0.39, 0.29) is 17.4 Å². The van der Waals surface area contributed by atoms with Crippen LogP contribution in [-0.4, -0.2) is 34.6 Å². The van der Waals surface area contributed by atoms with Crippen LogP contribution in [0.3, 0.4) is 0 Å². The first-order valence-electron chi connectivity index (χ1n) is 3.88. The van der Waals surface area contributed by atoms with Crippen LogP contribution in [0.25, 0.3) is 0 Å². The van der Waals surface area contributed by atoms with E-state index in [1.165, 1.54) is 6.92 Å². The first kappa shape index (κ1) is 9.88. The molecule has 0 unspecified atom stereocenters. The molecule has 72 valence electrons. The number of carbonyl (C=O) groups is 2. The fraction of sp³-hybridized carbons (Fsp3) is 0.500. The normalized spacial score (nSPS) is 27.3. The van der Waals surface area contributed by atoms with Crippen molar-refractivity contribution < 1.29 is 19.8 Å². The van der Waals surface area contributed by atoms with Crippen molar-refractivity contribution in [1.29, 1.82) is 0 Å². The first-order chi connectivity index (χ1) is 6.06. The standard InChI is InChI=1S/C8H11NO4/c1-4(11)9-6-2-7(12)5(3-10)8(6)13/h2,5,8,10,13H,3H2,1H3,(H,9,11)/t5-,8+/m0/s1. The summed E-state index contributed by atoms with van der Waals surface area (Å²) in [6.45, 7) is 0.865. The van der Waals surface area contributed by atoms with Crippen LogP contribution < -0.4 is 5.32 Å². The molecule has 5 nitrogen and oxygen atoms in total. The number of allylic oxidation sites excluding steroid dienone is 1. The zero-order valence-corrected chi connectivity index (χ0v) is 7.15. The van der Waals surface area contributed by atoms with Crippen LogP contribution >= 0.6 is 0 Å². The summed E-state index contributed by atoms with van der Waals surface area (Å²) in [7, 11) is 0. The van der Waals surface area contributed by atoms with Gasteiger partial charge in [0.25, 0.3) is 0 Å². The predicted molar refractivity (Wildman–Crippen MR) is 43.5 cm³/mol. The summed E-state index contributed by atoms with van der Waals surface area (Å²) in [4.78, 5) is 21.7. The Morgan fingerprint density at radius 2 is 2.31 bits per heavy atom. The maximum atomic E-state index is 11.1. The number of carbonyl (C=O) groups excluding carboxylic acids is 2. The highest BCUT2D eigenvalue weighted by Crippen LogP contribution is 2.20. The van der Waals surface area contributed by atoms with Gasteiger partial charge in [-0.05, 0) is 0 Å². The molecule has 0 aromatic rings. The monoisotopic (exact) mass is 185 g/mol. The molecular formula is C8H11NO4. The Morgan fingerprint density at radius 3 is 2.69 bits per heavy atom. The Morgan fingerprint density at radius 1 is 1.69 bits per heavy atom. The van der Waals surface area contributed by atoms with Crippen LogP contribution in [0.15, 0.2) is 11.8 Å². The van der Waals surface area contributed by atoms with E-state index in [4.69, 9.17) is 5.11 Å². The lowest BCUT2D eigenvalue weighted by Crippen LogP contribution is -2.31. The molecule has 0 radical (unpaired) electrons. The lowest BCUT2D eigenvalue weighted by molar-refractivity contribution is -0.121. The second kappa shape index (κ2) is 3.68.